The Morgan fingerprint density at radius 2 is 1.94 bits per heavy atom. The molecule has 0 aliphatic carbocycles. The molecular formula is C13H16O5. The van der Waals surface area contributed by atoms with Crippen molar-refractivity contribution in [2.45, 2.75) is 13.8 Å². The first kappa shape index (κ1) is 14.1. The largest absolute Gasteiger partial charge is 0.499 e. The monoisotopic (exact) mass is 252 g/mol. The maximum absolute atomic E-state index is 11.3. The second kappa shape index (κ2) is 6.66. The SMILES string of the molecule is CC.COCOc1c(O)c(=O)oc2ccccc12. The molecule has 0 spiro atoms. The topological polar surface area (TPSA) is 68.9 Å². The van der Waals surface area contributed by atoms with Crippen LogP contribution in [-0.2, 0) is 4.74 Å². The Morgan fingerprint density at radius 3 is 2.61 bits per heavy atom. The first-order chi connectivity index (χ1) is 8.74. The summed E-state index contributed by atoms with van der Waals surface area (Å²) in [5.74, 6) is -0.468. The van der Waals surface area contributed by atoms with E-state index in [0.717, 1.165) is 0 Å². The van der Waals surface area contributed by atoms with E-state index in [9.17, 15) is 9.90 Å². The Labute approximate surface area is 105 Å². The lowest BCUT2D eigenvalue weighted by molar-refractivity contribution is 0.0498. The van der Waals surface area contributed by atoms with Gasteiger partial charge in [-0.1, -0.05) is 26.0 Å². The highest BCUT2D eigenvalue weighted by atomic mass is 16.7. The summed E-state index contributed by atoms with van der Waals surface area (Å²) in [6, 6.07) is 6.78. The molecule has 0 radical (unpaired) electrons. The number of hydrogen-bond acceptors (Lipinski definition) is 5. The molecule has 0 aliphatic rings. The molecule has 5 heteroatoms. The van der Waals surface area contributed by atoms with Crippen LogP contribution in [0.1, 0.15) is 13.8 Å². The molecule has 18 heavy (non-hydrogen) atoms. The predicted octanol–water partition coefficient (Wildman–Crippen LogP) is 2.51. The molecule has 0 amide bonds. The molecule has 98 valence electrons. The van der Waals surface area contributed by atoms with E-state index in [1.807, 2.05) is 13.8 Å². The maximum Gasteiger partial charge on any atom is 0.382 e. The van der Waals surface area contributed by atoms with Gasteiger partial charge in [0.2, 0.25) is 5.75 Å². The molecule has 0 saturated heterocycles. The van der Waals surface area contributed by atoms with Gasteiger partial charge in [0, 0.05) is 7.11 Å². The summed E-state index contributed by atoms with van der Waals surface area (Å²) in [5, 5.41) is 10.1. The smallest absolute Gasteiger partial charge is 0.382 e. The van der Waals surface area contributed by atoms with E-state index in [1.165, 1.54) is 7.11 Å². The average Bonchev–Trinajstić information content (AvgIpc) is 2.42. The fourth-order valence-corrected chi connectivity index (χ4v) is 1.38. The standard InChI is InChI=1S/C11H10O5.C2H6/c1-14-6-15-10-7-4-2-3-5-8(7)16-11(13)9(10)12;1-2/h2-5,12H,6H2,1H3;1-2H3. The van der Waals surface area contributed by atoms with E-state index in [2.05, 4.69) is 0 Å². The van der Waals surface area contributed by atoms with Gasteiger partial charge >= 0.3 is 5.63 Å². The summed E-state index contributed by atoms with van der Waals surface area (Å²) in [6.07, 6.45) is 0. The molecule has 0 aliphatic heterocycles. The highest BCUT2D eigenvalue weighted by molar-refractivity contribution is 5.85. The molecule has 2 aromatic rings. The van der Waals surface area contributed by atoms with Crippen molar-refractivity contribution in [3.05, 3.63) is 34.7 Å². The molecule has 1 heterocycles. The van der Waals surface area contributed by atoms with Gasteiger partial charge in [-0.05, 0) is 12.1 Å². The van der Waals surface area contributed by atoms with Crippen molar-refractivity contribution < 1.29 is 19.0 Å². The first-order valence-corrected chi connectivity index (χ1v) is 5.60. The van der Waals surface area contributed by atoms with E-state index in [1.54, 1.807) is 24.3 Å². The molecule has 2 rings (SSSR count). The fraction of sp³-hybridized carbons (Fsp3) is 0.308. The number of benzene rings is 1. The molecule has 1 N–H and O–H groups in total. The lowest BCUT2D eigenvalue weighted by Gasteiger charge is -2.08. The van der Waals surface area contributed by atoms with Crippen LogP contribution in [0.2, 0.25) is 0 Å². The summed E-state index contributed by atoms with van der Waals surface area (Å²) in [6.45, 7) is 3.95. The second-order valence-electron chi connectivity index (χ2n) is 3.11. The van der Waals surface area contributed by atoms with Crippen LogP contribution in [0.25, 0.3) is 11.0 Å². The van der Waals surface area contributed by atoms with Crippen molar-refractivity contribution in [2.75, 3.05) is 13.9 Å². The van der Waals surface area contributed by atoms with Gasteiger partial charge in [-0.15, -0.1) is 0 Å². The van der Waals surface area contributed by atoms with Crippen LogP contribution in [0.15, 0.2) is 33.5 Å². The molecule has 5 nitrogen and oxygen atoms in total. The van der Waals surface area contributed by atoms with Crippen molar-refractivity contribution in [2.24, 2.45) is 0 Å². The molecule has 1 aromatic heterocycles. The highest BCUT2D eigenvalue weighted by Crippen LogP contribution is 2.31. The lowest BCUT2D eigenvalue weighted by atomic mass is 10.2. The van der Waals surface area contributed by atoms with Crippen LogP contribution >= 0.6 is 0 Å². The van der Waals surface area contributed by atoms with Crippen LogP contribution in [0.4, 0.5) is 0 Å². The van der Waals surface area contributed by atoms with Crippen LogP contribution in [0.3, 0.4) is 0 Å². The Balaban J connectivity index is 0.000000771. The third-order valence-electron chi connectivity index (χ3n) is 2.06. The molecule has 0 atom stereocenters. The van der Waals surface area contributed by atoms with Gasteiger partial charge in [0.1, 0.15) is 5.58 Å². The van der Waals surface area contributed by atoms with Crippen molar-refractivity contribution >= 4 is 11.0 Å². The average molecular weight is 252 g/mol. The van der Waals surface area contributed by atoms with Gasteiger partial charge in [0.05, 0.1) is 5.39 Å². The zero-order valence-electron chi connectivity index (χ0n) is 10.6. The van der Waals surface area contributed by atoms with E-state index >= 15 is 0 Å². The molecule has 0 bridgehead atoms. The summed E-state index contributed by atoms with van der Waals surface area (Å²) in [7, 11) is 1.45. The van der Waals surface area contributed by atoms with Crippen molar-refractivity contribution in [3.63, 3.8) is 0 Å². The third kappa shape index (κ3) is 2.81. The number of para-hydroxylation sites is 1. The highest BCUT2D eigenvalue weighted by Gasteiger charge is 2.14. The number of hydrogen-bond donors (Lipinski definition) is 1. The number of methoxy groups -OCH3 is 1. The van der Waals surface area contributed by atoms with E-state index < -0.39 is 11.4 Å². The lowest BCUT2D eigenvalue weighted by Crippen LogP contribution is -2.05. The zero-order valence-corrected chi connectivity index (χ0v) is 10.6. The van der Waals surface area contributed by atoms with Gasteiger partial charge < -0.3 is 19.0 Å². The van der Waals surface area contributed by atoms with Gasteiger partial charge in [-0.2, -0.15) is 0 Å². The van der Waals surface area contributed by atoms with Crippen LogP contribution in [-0.4, -0.2) is 19.0 Å². The minimum Gasteiger partial charge on any atom is -0.499 e. The van der Waals surface area contributed by atoms with Crippen molar-refractivity contribution in [1.29, 1.82) is 0 Å². The quantitative estimate of drug-likeness (QED) is 0.671. The van der Waals surface area contributed by atoms with E-state index in [0.29, 0.717) is 11.0 Å². The minimum atomic E-state index is -0.829. The molecule has 0 unspecified atom stereocenters. The summed E-state index contributed by atoms with van der Waals surface area (Å²) < 4.78 is 14.8. The molecule has 0 saturated carbocycles. The first-order valence-electron chi connectivity index (χ1n) is 5.60. The second-order valence-corrected chi connectivity index (χ2v) is 3.11. The Bertz CT molecular complexity index is 559. The van der Waals surface area contributed by atoms with Crippen LogP contribution in [0, 0.1) is 0 Å². The third-order valence-corrected chi connectivity index (χ3v) is 2.06. The fourth-order valence-electron chi connectivity index (χ4n) is 1.38. The number of fused-ring (bicyclic) bond motifs is 1. The van der Waals surface area contributed by atoms with Crippen molar-refractivity contribution in [3.8, 4) is 11.5 Å². The van der Waals surface area contributed by atoms with Crippen LogP contribution in [0.5, 0.6) is 11.5 Å². The van der Waals surface area contributed by atoms with E-state index in [4.69, 9.17) is 13.9 Å². The van der Waals surface area contributed by atoms with Gasteiger partial charge in [-0.3, -0.25) is 0 Å². The minimum absolute atomic E-state index is 0.0546. The summed E-state index contributed by atoms with van der Waals surface area (Å²) in [4.78, 5) is 11.3. The molecule has 1 aromatic carbocycles. The normalized spacial score (nSPS) is 9.72. The zero-order chi connectivity index (χ0) is 13.5. The Morgan fingerprint density at radius 1 is 1.28 bits per heavy atom. The van der Waals surface area contributed by atoms with Gasteiger partial charge in [0.15, 0.2) is 12.5 Å². The number of rotatable bonds is 3. The Kier molecular flexibility index (Phi) is 5.20. The van der Waals surface area contributed by atoms with Gasteiger partial charge in [0.25, 0.3) is 0 Å². The number of ether oxygens (including phenoxy) is 2. The predicted molar refractivity (Wildman–Crippen MR) is 68.0 cm³/mol. The van der Waals surface area contributed by atoms with Crippen molar-refractivity contribution in [1.82, 2.24) is 0 Å². The Hall–Kier alpha value is -2.01. The maximum atomic E-state index is 11.3. The molecule has 0 fully saturated rings. The summed E-state index contributed by atoms with van der Waals surface area (Å²) >= 11 is 0. The number of aromatic hydroxyl groups is 1. The summed E-state index contributed by atoms with van der Waals surface area (Å²) in [5.41, 5.74) is -0.471. The van der Waals surface area contributed by atoms with E-state index in [-0.39, 0.29) is 12.5 Å². The molecular weight excluding hydrogens is 236 g/mol. The van der Waals surface area contributed by atoms with Crippen LogP contribution < -0.4 is 10.4 Å². The van der Waals surface area contributed by atoms with Gasteiger partial charge in [-0.25, -0.2) is 4.79 Å².